The molecule has 4 rings (SSSR count). The first-order chi connectivity index (χ1) is 15.3. The van der Waals surface area contributed by atoms with Crippen LogP contribution in [0.2, 0.25) is 0 Å². The van der Waals surface area contributed by atoms with E-state index < -0.39 is 9.84 Å². The maximum absolute atomic E-state index is 12.3. The molecule has 1 aromatic heterocycles. The van der Waals surface area contributed by atoms with E-state index in [9.17, 15) is 13.2 Å². The van der Waals surface area contributed by atoms with E-state index in [0.29, 0.717) is 19.5 Å². The molecular formula is C23H33N5O3S. The van der Waals surface area contributed by atoms with Crippen molar-refractivity contribution in [3.8, 4) is 0 Å². The van der Waals surface area contributed by atoms with Crippen LogP contribution in [-0.2, 0) is 21.1 Å². The van der Waals surface area contributed by atoms with Crippen LogP contribution in [0.1, 0.15) is 29.4 Å². The molecule has 174 valence electrons. The Bertz CT molecular complexity index is 1040. The lowest BCUT2D eigenvalue weighted by Gasteiger charge is -2.36. The van der Waals surface area contributed by atoms with E-state index in [4.69, 9.17) is 5.10 Å². The molecule has 0 spiro atoms. The second kappa shape index (κ2) is 9.62. The first kappa shape index (κ1) is 22.8. The average Bonchev–Trinajstić information content (AvgIpc) is 3.27. The monoisotopic (exact) mass is 459 g/mol. The third kappa shape index (κ3) is 5.32. The highest BCUT2D eigenvalue weighted by atomic mass is 32.2. The predicted octanol–water partition coefficient (Wildman–Crippen LogP) is 1.34. The molecule has 8 nitrogen and oxygen atoms in total. The van der Waals surface area contributed by atoms with Crippen molar-refractivity contribution in [2.45, 2.75) is 32.7 Å². The Morgan fingerprint density at radius 2 is 1.84 bits per heavy atom. The fraction of sp³-hybridized carbons (Fsp3) is 0.565. The molecular weight excluding hydrogens is 426 g/mol. The highest BCUT2D eigenvalue weighted by molar-refractivity contribution is 7.91. The molecule has 1 N–H and O–H groups in total. The molecule has 1 atom stereocenters. The summed E-state index contributed by atoms with van der Waals surface area (Å²) in [4.78, 5) is 16.8. The minimum absolute atomic E-state index is 0.0617. The highest BCUT2D eigenvalue weighted by Gasteiger charge is 2.32. The molecule has 1 amide bonds. The molecule has 0 aliphatic carbocycles. The summed E-state index contributed by atoms with van der Waals surface area (Å²) in [6.07, 6.45) is 1.47. The van der Waals surface area contributed by atoms with Crippen molar-refractivity contribution < 1.29 is 13.2 Å². The quantitative estimate of drug-likeness (QED) is 0.672. The smallest absolute Gasteiger partial charge is 0.234 e. The lowest BCUT2D eigenvalue weighted by atomic mass is 10.1. The summed E-state index contributed by atoms with van der Waals surface area (Å²) >= 11 is 0. The number of carbonyl (C=O) groups is 1. The number of carbonyl (C=O) groups excluding carboxylic acids is 1. The summed E-state index contributed by atoms with van der Waals surface area (Å²) < 4.78 is 25.7. The van der Waals surface area contributed by atoms with Crippen LogP contribution in [0.3, 0.4) is 0 Å². The van der Waals surface area contributed by atoms with Crippen LogP contribution in [0.5, 0.6) is 0 Å². The van der Waals surface area contributed by atoms with Crippen LogP contribution < -0.4 is 10.2 Å². The summed E-state index contributed by atoms with van der Waals surface area (Å²) in [5.74, 6) is 0.496. The molecule has 0 saturated carbocycles. The number of amides is 1. The fourth-order valence-corrected chi connectivity index (χ4v) is 6.51. The molecule has 2 aliphatic heterocycles. The van der Waals surface area contributed by atoms with Crippen molar-refractivity contribution in [2.75, 3.05) is 55.7 Å². The molecule has 2 saturated heterocycles. The van der Waals surface area contributed by atoms with Crippen molar-refractivity contribution in [1.82, 2.24) is 20.0 Å². The van der Waals surface area contributed by atoms with Crippen LogP contribution in [0.25, 0.3) is 0 Å². The first-order valence-corrected chi connectivity index (χ1v) is 13.2. The van der Waals surface area contributed by atoms with Crippen molar-refractivity contribution in [1.29, 1.82) is 0 Å². The Balaban J connectivity index is 1.27. The Kier molecular flexibility index (Phi) is 6.85. The number of sulfone groups is 1. The molecule has 2 aromatic rings. The minimum Gasteiger partial charge on any atom is -0.366 e. The van der Waals surface area contributed by atoms with E-state index >= 15 is 0 Å². The van der Waals surface area contributed by atoms with Crippen molar-refractivity contribution in [2.24, 2.45) is 0 Å². The molecule has 1 unspecified atom stereocenters. The molecule has 9 heteroatoms. The van der Waals surface area contributed by atoms with Crippen molar-refractivity contribution >= 4 is 21.4 Å². The van der Waals surface area contributed by atoms with E-state index in [1.165, 1.54) is 5.56 Å². The largest absolute Gasteiger partial charge is 0.366 e. The Labute approximate surface area is 190 Å². The zero-order valence-electron chi connectivity index (χ0n) is 19.0. The van der Waals surface area contributed by atoms with Gasteiger partial charge in [-0.15, -0.1) is 0 Å². The van der Waals surface area contributed by atoms with Gasteiger partial charge in [0.05, 0.1) is 41.2 Å². The van der Waals surface area contributed by atoms with Gasteiger partial charge in [-0.1, -0.05) is 30.3 Å². The van der Waals surface area contributed by atoms with Crippen LogP contribution in [0.15, 0.2) is 30.3 Å². The standard InChI is InChI=1S/C23H33N5O3S/c1-18-23(19(2)28(25-18)21-9-15-32(30,31)17-21)27-13-11-26(12-14-27)16-22(29)24-10-8-20-6-4-3-5-7-20/h3-7,21H,8-17H2,1-2H3,(H,24,29). The van der Waals surface area contributed by atoms with Gasteiger partial charge in [-0.05, 0) is 32.3 Å². The van der Waals surface area contributed by atoms with Crippen LogP contribution in [0.4, 0.5) is 5.69 Å². The third-order valence-corrected chi connectivity index (χ3v) is 8.23. The van der Waals surface area contributed by atoms with Crippen LogP contribution in [-0.4, -0.2) is 79.8 Å². The average molecular weight is 460 g/mol. The number of hydrogen-bond acceptors (Lipinski definition) is 6. The molecule has 0 radical (unpaired) electrons. The number of nitrogens with one attached hydrogen (secondary N) is 1. The summed E-state index contributed by atoms with van der Waals surface area (Å²) in [5.41, 5.74) is 4.32. The van der Waals surface area contributed by atoms with Gasteiger partial charge in [0.15, 0.2) is 9.84 Å². The van der Waals surface area contributed by atoms with Gasteiger partial charge >= 0.3 is 0 Å². The number of aromatic nitrogens is 2. The maximum atomic E-state index is 12.3. The minimum atomic E-state index is -2.95. The second-order valence-corrected chi connectivity index (χ2v) is 11.1. The summed E-state index contributed by atoms with van der Waals surface area (Å²) in [6.45, 7) is 8.38. The Morgan fingerprint density at radius 3 is 2.50 bits per heavy atom. The number of hydrogen-bond donors (Lipinski definition) is 1. The first-order valence-electron chi connectivity index (χ1n) is 11.4. The Morgan fingerprint density at radius 1 is 1.12 bits per heavy atom. The topological polar surface area (TPSA) is 87.5 Å². The SMILES string of the molecule is Cc1nn(C2CCS(=O)(=O)C2)c(C)c1N1CCN(CC(=O)NCCc2ccccc2)CC1. The number of piperazine rings is 1. The van der Waals surface area contributed by atoms with Gasteiger partial charge in [-0.25, -0.2) is 8.42 Å². The van der Waals surface area contributed by atoms with Crippen molar-refractivity contribution in [3.05, 3.63) is 47.3 Å². The lowest BCUT2D eigenvalue weighted by molar-refractivity contribution is -0.122. The number of rotatable bonds is 7. The van der Waals surface area contributed by atoms with Crippen LogP contribution >= 0.6 is 0 Å². The molecule has 1 aromatic carbocycles. The third-order valence-electron chi connectivity index (χ3n) is 6.48. The number of nitrogens with zero attached hydrogens (tertiary/aromatic N) is 4. The zero-order valence-corrected chi connectivity index (χ0v) is 19.8. The summed E-state index contributed by atoms with van der Waals surface area (Å²) in [5, 5.41) is 7.72. The molecule has 2 aliphatic rings. The molecule has 0 bridgehead atoms. The van der Waals surface area contributed by atoms with Gasteiger partial charge in [0.2, 0.25) is 5.91 Å². The van der Waals surface area contributed by atoms with Gasteiger partial charge < -0.3 is 10.2 Å². The van der Waals surface area contributed by atoms with Gasteiger partial charge in [0.1, 0.15) is 0 Å². The lowest BCUT2D eigenvalue weighted by Crippen LogP contribution is -2.50. The number of anilines is 1. The van der Waals surface area contributed by atoms with Gasteiger partial charge in [0, 0.05) is 32.7 Å². The Hall–Kier alpha value is -2.39. The van der Waals surface area contributed by atoms with Gasteiger partial charge in [-0.3, -0.25) is 14.4 Å². The maximum Gasteiger partial charge on any atom is 0.234 e. The zero-order chi connectivity index (χ0) is 22.7. The summed E-state index contributed by atoms with van der Waals surface area (Å²) in [7, 11) is -2.95. The van der Waals surface area contributed by atoms with E-state index in [-0.39, 0.29) is 23.5 Å². The summed E-state index contributed by atoms with van der Waals surface area (Å²) in [6, 6.07) is 10.1. The highest BCUT2D eigenvalue weighted by Crippen LogP contribution is 2.31. The number of benzene rings is 1. The van der Waals surface area contributed by atoms with Crippen molar-refractivity contribution in [3.63, 3.8) is 0 Å². The van der Waals surface area contributed by atoms with Crippen LogP contribution in [0, 0.1) is 13.8 Å². The van der Waals surface area contributed by atoms with E-state index in [1.54, 1.807) is 0 Å². The van der Waals surface area contributed by atoms with E-state index in [1.807, 2.05) is 36.7 Å². The number of aryl methyl sites for hydroxylation is 1. The second-order valence-electron chi connectivity index (χ2n) is 8.87. The van der Waals surface area contributed by atoms with Gasteiger partial charge in [0.25, 0.3) is 0 Å². The van der Waals surface area contributed by atoms with E-state index in [0.717, 1.165) is 49.7 Å². The molecule has 3 heterocycles. The predicted molar refractivity (Wildman–Crippen MR) is 126 cm³/mol. The van der Waals surface area contributed by atoms with Gasteiger partial charge in [-0.2, -0.15) is 5.10 Å². The molecule has 32 heavy (non-hydrogen) atoms. The fourth-order valence-electron chi connectivity index (χ4n) is 4.82. The van der Waals surface area contributed by atoms with E-state index in [2.05, 4.69) is 27.2 Å². The molecule has 2 fully saturated rings. The normalized spacial score (nSPS) is 21.1.